The summed E-state index contributed by atoms with van der Waals surface area (Å²) in [5.41, 5.74) is 1.91. The van der Waals surface area contributed by atoms with Crippen molar-refractivity contribution in [2.24, 2.45) is 5.41 Å². The number of aromatic nitrogens is 1. The molecule has 0 saturated carbocycles. The lowest BCUT2D eigenvalue weighted by Gasteiger charge is -2.41. The van der Waals surface area contributed by atoms with Gasteiger partial charge in [-0.3, -0.25) is 4.98 Å². The summed E-state index contributed by atoms with van der Waals surface area (Å²) < 4.78 is 46.1. The molecule has 37 heavy (non-hydrogen) atoms. The lowest BCUT2D eigenvalue weighted by atomic mass is 9.74. The Labute approximate surface area is 215 Å². The van der Waals surface area contributed by atoms with Crippen molar-refractivity contribution >= 4 is 16.6 Å². The fourth-order valence-electron chi connectivity index (χ4n) is 5.24. The topological polar surface area (TPSA) is 77.8 Å². The van der Waals surface area contributed by atoms with Gasteiger partial charge in [0.25, 0.3) is 0 Å². The number of hydrogen-bond donors (Lipinski definition) is 3. The second-order valence-corrected chi connectivity index (χ2v) is 9.96. The Bertz CT molecular complexity index is 1210. The summed E-state index contributed by atoms with van der Waals surface area (Å²) in [5.74, 6) is -2.16. The number of likely N-dealkylation sites (tertiary alicyclic amines) is 1. The number of anilines is 1. The van der Waals surface area contributed by atoms with Crippen LogP contribution in [0.1, 0.15) is 42.9 Å². The van der Waals surface area contributed by atoms with E-state index in [1.807, 2.05) is 25.1 Å². The fourth-order valence-corrected chi connectivity index (χ4v) is 5.24. The van der Waals surface area contributed by atoms with Gasteiger partial charge in [0.05, 0.1) is 18.7 Å². The monoisotopic (exact) mass is 517 g/mol. The molecule has 0 unspecified atom stereocenters. The normalized spacial score (nSPS) is 16.6. The van der Waals surface area contributed by atoms with E-state index >= 15 is 0 Å². The van der Waals surface area contributed by atoms with Gasteiger partial charge >= 0.3 is 0 Å². The van der Waals surface area contributed by atoms with Gasteiger partial charge in [0.15, 0.2) is 11.6 Å². The zero-order chi connectivity index (χ0) is 26.6. The average molecular weight is 518 g/mol. The number of pyridine rings is 1. The number of nitrogens with one attached hydrogen (secondary N) is 1. The summed E-state index contributed by atoms with van der Waals surface area (Å²) in [5, 5.41) is 25.0. The van der Waals surface area contributed by atoms with Gasteiger partial charge < -0.3 is 25.2 Å². The smallest absolute Gasteiger partial charge is 0.152 e. The number of aliphatic hydroxyl groups excluding tert-OH is 2. The number of piperidine rings is 1. The number of rotatable bonds is 10. The molecular weight excluding hydrogens is 483 g/mol. The van der Waals surface area contributed by atoms with E-state index in [1.54, 1.807) is 13.3 Å². The van der Waals surface area contributed by atoms with Crippen LogP contribution in [-0.2, 0) is 0 Å². The van der Waals surface area contributed by atoms with Gasteiger partial charge in [-0.05, 0) is 80.4 Å². The van der Waals surface area contributed by atoms with Crippen molar-refractivity contribution in [1.29, 1.82) is 0 Å². The maximum absolute atomic E-state index is 13.8. The number of fused-ring (bicyclic) bond motifs is 1. The summed E-state index contributed by atoms with van der Waals surface area (Å²) in [6, 6.07) is 6.93. The third-order valence-electron chi connectivity index (χ3n) is 7.59. The van der Waals surface area contributed by atoms with Crippen LogP contribution >= 0.6 is 0 Å². The number of aliphatic hydroxyl groups is 2. The molecule has 2 heterocycles. The average Bonchev–Trinajstić information content (AvgIpc) is 2.89. The Balaban J connectivity index is 1.33. The molecule has 0 bridgehead atoms. The van der Waals surface area contributed by atoms with Gasteiger partial charge in [-0.1, -0.05) is 0 Å². The summed E-state index contributed by atoms with van der Waals surface area (Å²) >= 11 is 0. The highest BCUT2D eigenvalue weighted by molar-refractivity contribution is 5.84. The number of hydrogen-bond acceptors (Lipinski definition) is 6. The van der Waals surface area contributed by atoms with E-state index < -0.39 is 23.6 Å². The van der Waals surface area contributed by atoms with Crippen molar-refractivity contribution in [3.63, 3.8) is 0 Å². The number of benzene rings is 2. The molecule has 4 rings (SSSR count). The number of nitrogens with zero attached hydrogens (tertiary/aromatic N) is 2. The predicted molar refractivity (Wildman–Crippen MR) is 137 cm³/mol. The van der Waals surface area contributed by atoms with E-state index in [1.165, 1.54) is 0 Å². The highest BCUT2D eigenvalue weighted by Gasteiger charge is 2.34. The molecule has 9 heteroatoms. The number of ether oxygens (including phenoxy) is 1. The van der Waals surface area contributed by atoms with Crippen LogP contribution in [0.4, 0.5) is 18.9 Å². The first-order chi connectivity index (χ1) is 17.7. The number of aryl methyl sites for hydroxylation is 1. The van der Waals surface area contributed by atoms with Crippen LogP contribution in [0.15, 0.2) is 36.5 Å². The predicted octanol–water partition coefficient (Wildman–Crippen LogP) is 4.97. The summed E-state index contributed by atoms with van der Waals surface area (Å²) in [6.45, 7) is 4.28. The number of methoxy groups -OCH3 is 1. The van der Waals surface area contributed by atoms with Crippen LogP contribution in [-0.4, -0.2) is 60.0 Å². The molecule has 1 aliphatic heterocycles. The minimum atomic E-state index is -0.954. The second-order valence-electron chi connectivity index (χ2n) is 9.96. The minimum absolute atomic E-state index is 0.0295. The number of halogens is 3. The van der Waals surface area contributed by atoms with Gasteiger partial charge in [0, 0.05) is 43.4 Å². The molecule has 2 aromatic carbocycles. The minimum Gasteiger partial charge on any atom is -0.497 e. The Morgan fingerprint density at radius 1 is 1.14 bits per heavy atom. The molecule has 0 amide bonds. The van der Waals surface area contributed by atoms with E-state index in [-0.39, 0.29) is 17.7 Å². The molecular formula is C28H34F3N3O3. The zero-order valence-corrected chi connectivity index (χ0v) is 21.2. The molecule has 0 spiro atoms. The van der Waals surface area contributed by atoms with E-state index in [2.05, 4.69) is 15.2 Å². The van der Waals surface area contributed by atoms with Crippen molar-refractivity contribution in [2.45, 2.75) is 38.7 Å². The zero-order valence-electron chi connectivity index (χ0n) is 21.2. The molecule has 6 nitrogen and oxygen atoms in total. The van der Waals surface area contributed by atoms with Crippen LogP contribution in [0, 0.1) is 29.8 Å². The van der Waals surface area contributed by atoms with Crippen LogP contribution in [0.3, 0.4) is 0 Å². The lowest BCUT2D eigenvalue weighted by Crippen LogP contribution is -2.43. The van der Waals surface area contributed by atoms with Gasteiger partial charge in [-0.15, -0.1) is 0 Å². The van der Waals surface area contributed by atoms with E-state index in [0.717, 1.165) is 48.0 Å². The third kappa shape index (κ3) is 6.17. The SMILES string of the molecule is COc1ccc2ncc(C)c([C@H](O)CCC3(CO)CCN(CCNc4c(F)cc(F)cc4F)CC3)c2c1. The first kappa shape index (κ1) is 27.2. The van der Waals surface area contributed by atoms with Crippen LogP contribution in [0.5, 0.6) is 5.75 Å². The molecule has 3 aromatic rings. The third-order valence-corrected chi connectivity index (χ3v) is 7.59. The molecule has 0 aliphatic carbocycles. The highest BCUT2D eigenvalue weighted by atomic mass is 19.1. The molecule has 1 aliphatic rings. The van der Waals surface area contributed by atoms with E-state index in [9.17, 15) is 23.4 Å². The molecule has 200 valence electrons. The van der Waals surface area contributed by atoms with Gasteiger partial charge in [0.1, 0.15) is 17.3 Å². The molecule has 1 saturated heterocycles. The van der Waals surface area contributed by atoms with Crippen LogP contribution < -0.4 is 10.1 Å². The standard InChI is InChI=1S/C28H34F3N3O3/c1-18-16-33-24-4-3-20(37-2)15-21(24)26(18)25(36)5-6-28(17-35)7-10-34(11-8-28)12-9-32-27-22(30)13-19(29)14-23(27)31/h3-4,13-16,25,32,35-36H,5-12,17H2,1-2H3/t25-/m1/s1. The Hall–Kier alpha value is -2.88. The van der Waals surface area contributed by atoms with Crippen molar-refractivity contribution in [3.05, 3.63) is 65.1 Å². The first-order valence-electron chi connectivity index (χ1n) is 12.6. The summed E-state index contributed by atoms with van der Waals surface area (Å²) in [7, 11) is 1.60. The second kappa shape index (κ2) is 11.7. The van der Waals surface area contributed by atoms with Crippen molar-refractivity contribution in [3.8, 4) is 5.75 Å². The van der Waals surface area contributed by atoms with Gasteiger partial charge in [-0.2, -0.15) is 0 Å². The van der Waals surface area contributed by atoms with Crippen molar-refractivity contribution in [1.82, 2.24) is 9.88 Å². The van der Waals surface area contributed by atoms with Crippen LogP contribution in [0.2, 0.25) is 0 Å². The molecule has 3 N–H and O–H groups in total. The van der Waals surface area contributed by atoms with Crippen LogP contribution in [0.25, 0.3) is 10.9 Å². The first-order valence-corrected chi connectivity index (χ1v) is 12.6. The molecule has 1 atom stereocenters. The molecule has 1 aromatic heterocycles. The van der Waals surface area contributed by atoms with E-state index in [0.29, 0.717) is 43.8 Å². The molecule has 1 fully saturated rings. The highest BCUT2D eigenvalue weighted by Crippen LogP contribution is 2.39. The Kier molecular flexibility index (Phi) is 8.56. The van der Waals surface area contributed by atoms with Crippen molar-refractivity contribution < 1.29 is 28.1 Å². The lowest BCUT2D eigenvalue weighted by molar-refractivity contribution is 0.0247. The van der Waals surface area contributed by atoms with Gasteiger partial charge in [-0.25, -0.2) is 13.2 Å². The quantitative estimate of drug-likeness (QED) is 0.353. The van der Waals surface area contributed by atoms with Crippen molar-refractivity contribution in [2.75, 3.05) is 45.2 Å². The largest absolute Gasteiger partial charge is 0.497 e. The summed E-state index contributed by atoms with van der Waals surface area (Å²) in [4.78, 5) is 6.64. The van der Waals surface area contributed by atoms with Gasteiger partial charge in [0.2, 0.25) is 0 Å². The summed E-state index contributed by atoms with van der Waals surface area (Å²) in [6.07, 6.45) is 3.73. The maximum atomic E-state index is 13.8. The maximum Gasteiger partial charge on any atom is 0.152 e. The molecule has 0 radical (unpaired) electrons. The Morgan fingerprint density at radius 3 is 2.49 bits per heavy atom. The Morgan fingerprint density at radius 2 is 1.84 bits per heavy atom. The van der Waals surface area contributed by atoms with E-state index in [4.69, 9.17) is 4.74 Å². The fraction of sp³-hybridized carbons (Fsp3) is 0.464.